The van der Waals surface area contributed by atoms with Crippen LogP contribution in [0, 0.1) is 0 Å². The van der Waals surface area contributed by atoms with E-state index in [9.17, 15) is 0 Å². The van der Waals surface area contributed by atoms with Crippen LogP contribution in [0.15, 0.2) is 122 Å². The van der Waals surface area contributed by atoms with E-state index in [4.69, 9.17) is 9.47 Å². The van der Waals surface area contributed by atoms with E-state index in [0.717, 1.165) is 39.7 Å². The maximum Gasteiger partial charge on any atom is 0.227 e. The molecule has 178 valence electrons. The van der Waals surface area contributed by atoms with Crippen molar-refractivity contribution >= 4 is 23.0 Å². The molecule has 0 bridgehead atoms. The first kappa shape index (κ1) is 22.9. The van der Waals surface area contributed by atoms with Crippen LogP contribution < -0.4 is 20.1 Å². The van der Waals surface area contributed by atoms with Crippen molar-refractivity contribution < 1.29 is 9.47 Å². The lowest BCUT2D eigenvalue weighted by Crippen LogP contribution is -2.00. The van der Waals surface area contributed by atoms with Crippen LogP contribution in [0.5, 0.6) is 11.5 Å². The number of hydrogen-bond donors (Lipinski definition) is 2. The molecule has 0 amide bonds. The molecule has 0 saturated carbocycles. The van der Waals surface area contributed by atoms with Crippen molar-refractivity contribution in [3.63, 3.8) is 0 Å². The Bertz CT molecular complexity index is 1270. The lowest BCUT2D eigenvalue weighted by atomic mass is 10.2. The Balaban J connectivity index is 1.16. The molecule has 0 atom stereocenters. The van der Waals surface area contributed by atoms with Crippen LogP contribution in [0.1, 0.15) is 11.1 Å². The van der Waals surface area contributed by atoms with Crippen molar-refractivity contribution in [2.75, 3.05) is 10.6 Å². The summed E-state index contributed by atoms with van der Waals surface area (Å²) >= 11 is 0. The van der Waals surface area contributed by atoms with Gasteiger partial charge in [0.05, 0.1) is 18.1 Å². The van der Waals surface area contributed by atoms with Gasteiger partial charge < -0.3 is 20.1 Å². The summed E-state index contributed by atoms with van der Waals surface area (Å²) in [7, 11) is 0. The number of nitrogens with zero attached hydrogens (tertiary/aromatic N) is 2. The van der Waals surface area contributed by atoms with Gasteiger partial charge in [0.25, 0.3) is 0 Å². The summed E-state index contributed by atoms with van der Waals surface area (Å²) in [6.07, 6.45) is 3.48. The van der Waals surface area contributed by atoms with E-state index < -0.39 is 0 Å². The van der Waals surface area contributed by atoms with E-state index in [1.807, 2.05) is 109 Å². The van der Waals surface area contributed by atoms with Crippen LogP contribution in [0.25, 0.3) is 0 Å². The molecule has 0 spiro atoms. The molecule has 0 radical (unpaired) electrons. The quantitative estimate of drug-likeness (QED) is 0.225. The molecule has 1 heterocycles. The molecule has 0 aliphatic heterocycles. The summed E-state index contributed by atoms with van der Waals surface area (Å²) in [5.41, 5.74) is 4.77. The molecule has 6 nitrogen and oxygen atoms in total. The number of hydrogen-bond acceptors (Lipinski definition) is 6. The Morgan fingerprint density at radius 1 is 0.500 bits per heavy atom. The Hall–Kier alpha value is -4.84. The highest BCUT2D eigenvalue weighted by atomic mass is 16.5. The lowest BCUT2D eigenvalue weighted by Gasteiger charge is -2.11. The number of anilines is 4. The Labute approximate surface area is 210 Å². The van der Waals surface area contributed by atoms with Crippen LogP contribution >= 0.6 is 0 Å². The van der Waals surface area contributed by atoms with Gasteiger partial charge in [0, 0.05) is 23.5 Å². The molecule has 0 fully saturated rings. The molecule has 36 heavy (non-hydrogen) atoms. The average Bonchev–Trinajstić information content (AvgIpc) is 2.94. The predicted octanol–water partition coefficient (Wildman–Crippen LogP) is 7.12. The number of benzene rings is 4. The maximum atomic E-state index is 5.92. The summed E-state index contributed by atoms with van der Waals surface area (Å²) < 4.78 is 11.8. The van der Waals surface area contributed by atoms with Crippen molar-refractivity contribution in [1.29, 1.82) is 0 Å². The minimum Gasteiger partial charge on any atom is -0.489 e. The van der Waals surface area contributed by atoms with Crippen molar-refractivity contribution in [1.82, 2.24) is 9.97 Å². The second-order valence-electron chi connectivity index (χ2n) is 8.15. The second-order valence-corrected chi connectivity index (χ2v) is 8.15. The molecule has 1 aromatic heterocycles. The summed E-state index contributed by atoms with van der Waals surface area (Å²) in [5, 5.41) is 6.55. The maximum absolute atomic E-state index is 5.92. The van der Waals surface area contributed by atoms with Gasteiger partial charge in [-0.15, -0.1) is 0 Å². The fraction of sp³-hybridized carbons (Fsp3) is 0.0667. The largest absolute Gasteiger partial charge is 0.489 e. The van der Waals surface area contributed by atoms with Gasteiger partial charge in [0.2, 0.25) is 5.95 Å². The SMILES string of the molecule is c1ccc(COc2cccc(Nc3cnc(Nc4cccc(OCc5ccccc5)c4)nc3)c2)cc1. The Morgan fingerprint density at radius 2 is 1.00 bits per heavy atom. The zero-order valence-corrected chi connectivity index (χ0v) is 19.7. The summed E-state index contributed by atoms with van der Waals surface area (Å²) in [5.74, 6) is 2.06. The fourth-order valence-corrected chi connectivity index (χ4v) is 3.56. The monoisotopic (exact) mass is 474 g/mol. The normalized spacial score (nSPS) is 10.4. The zero-order valence-electron chi connectivity index (χ0n) is 19.7. The average molecular weight is 475 g/mol. The van der Waals surface area contributed by atoms with Crippen molar-refractivity contribution in [2.24, 2.45) is 0 Å². The molecule has 0 aliphatic carbocycles. The highest BCUT2D eigenvalue weighted by Gasteiger charge is 2.03. The Kier molecular flexibility index (Phi) is 7.34. The van der Waals surface area contributed by atoms with Gasteiger partial charge in [-0.1, -0.05) is 72.8 Å². The third-order valence-corrected chi connectivity index (χ3v) is 5.36. The lowest BCUT2D eigenvalue weighted by molar-refractivity contribution is 0.306. The molecule has 0 unspecified atom stereocenters. The first-order valence-corrected chi connectivity index (χ1v) is 11.7. The fourth-order valence-electron chi connectivity index (χ4n) is 3.56. The van der Waals surface area contributed by atoms with Gasteiger partial charge in [-0.25, -0.2) is 9.97 Å². The Morgan fingerprint density at radius 3 is 1.53 bits per heavy atom. The minimum absolute atomic E-state index is 0.501. The first-order valence-electron chi connectivity index (χ1n) is 11.7. The third kappa shape index (κ3) is 6.61. The second kappa shape index (κ2) is 11.5. The summed E-state index contributed by atoms with van der Waals surface area (Å²) in [6.45, 7) is 1.03. The molecule has 0 saturated heterocycles. The van der Waals surface area contributed by atoms with E-state index in [2.05, 4.69) is 20.6 Å². The van der Waals surface area contributed by atoms with Crippen molar-refractivity contribution in [3.8, 4) is 11.5 Å². The van der Waals surface area contributed by atoms with Crippen molar-refractivity contribution in [3.05, 3.63) is 133 Å². The smallest absolute Gasteiger partial charge is 0.227 e. The topological polar surface area (TPSA) is 68.3 Å². The molecular formula is C30H26N4O2. The number of rotatable bonds is 10. The van der Waals surface area contributed by atoms with Gasteiger partial charge in [-0.05, 0) is 35.4 Å². The molecule has 5 rings (SSSR count). The number of aromatic nitrogens is 2. The van der Waals surface area contributed by atoms with Crippen LogP contribution in [0.4, 0.5) is 23.0 Å². The molecule has 5 aromatic rings. The minimum atomic E-state index is 0.501. The summed E-state index contributed by atoms with van der Waals surface area (Å²) in [4.78, 5) is 8.87. The predicted molar refractivity (Wildman–Crippen MR) is 143 cm³/mol. The van der Waals surface area contributed by atoms with E-state index >= 15 is 0 Å². The number of nitrogens with one attached hydrogen (secondary N) is 2. The van der Waals surface area contributed by atoms with Crippen LogP contribution in [-0.4, -0.2) is 9.97 Å². The molecule has 6 heteroatoms. The van der Waals surface area contributed by atoms with Gasteiger partial charge in [-0.3, -0.25) is 0 Å². The zero-order chi connectivity index (χ0) is 24.4. The van der Waals surface area contributed by atoms with E-state index in [1.54, 1.807) is 12.4 Å². The van der Waals surface area contributed by atoms with E-state index in [-0.39, 0.29) is 0 Å². The van der Waals surface area contributed by atoms with Crippen LogP contribution in [0.2, 0.25) is 0 Å². The van der Waals surface area contributed by atoms with Crippen LogP contribution in [-0.2, 0) is 13.2 Å². The first-order chi connectivity index (χ1) is 17.8. The van der Waals surface area contributed by atoms with Gasteiger partial charge in [0.15, 0.2) is 0 Å². The summed E-state index contributed by atoms with van der Waals surface area (Å²) in [6, 6.07) is 35.7. The van der Waals surface area contributed by atoms with E-state index in [0.29, 0.717) is 19.2 Å². The van der Waals surface area contributed by atoms with Gasteiger partial charge >= 0.3 is 0 Å². The van der Waals surface area contributed by atoms with Crippen molar-refractivity contribution in [2.45, 2.75) is 13.2 Å². The van der Waals surface area contributed by atoms with E-state index in [1.165, 1.54) is 0 Å². The standard InChI is InChI=1S/C30H26N4O2/c1-3-9-23(10-4-1)21-35-28-15-7-13-25(17-28)33-27-19-31-30(32-20-27)34-26-14-8-16-29(18-26)36-22-24-11-5-2-6-12-24/h1-20,33H,21-22H2,(H,31,32,34). The molecular weight excluding hydrogens is 448 g/mol. The highest BCUT2D eigenvalue weighted by molar-refractivity contribution is 5.61. The third-order valence-electron chi connectivity index (χ3n) is 5.36. The molecule has 2 N–H and O–H groups in total. The molecule has 0 aliphatic rings. The molecule has 4 aromatic carbocycles. The number of ether oxygens (including phenoxy) is 2. The van der Waals surface area contributed by atoms with Crippen LogP contribution in [0.3, 0.4) is 0 Å². The highest BCUT2D eigenvalue weighted by Crippen LogP contribution is 2.24. The van der Waals surface area contributed by atoms with Gasteiger partial charge in [-0.2, -0.15) is 0 Å². The van der Waals surface area contributed by atoms with Gasteiger partial charge in [0.1, 0.15) is 24.7 Å².